The molecule has 30 heavy (non-hydrogen) atoms. The van der Waals surface area contributed by atoms with Crippen LogP contribution in [0.15, 0.2) is 53.1 Å². The second kappa shape index (κ2) is 9.09. The van der Waals surface area contributed by atoms with Gasteiger partial charge in [0.1, 0.15) is 0 Å². The number of carbonyl (C=O) groups is 1. The van der Waals surface area contributed by atoms with Crippen LogP contribution in [0.1, 0.15) is 23.9 Å². The van der Waals surface area contributed by atoms with Gasteiger partial charge in [-0.2, -0.15) is 4.98 Å². The van der Waals surface area contributed by atoms with Crippen molar-refractivity contribution in [2.45, 2.75) is 26.8 Å². The van der Waals surface area contributed by atoms with E-state index in [9.17, 15) is 4.79 Å². The van der Waals surface area contributed by atoms with Crippen molar-refractivity contribution in [2.75, 3.05) is 31.5 Å². The van der Waals surface area contributed by atoms with Gasteiger partial charge in [0.25, 0.3) is 0 Å². The lowest BCUT2D eigenvalue weighted by molar-refractivity contribution is 0.133. The molecule has 1 N–H and O–H groups in total. The van der Waals surface area contributed by atoms with Crippen LogP contribution in [-0.2, 0) is 13.0 Å². The molecule has 0 atom stereocenters. The lowest BCUT2D eigenvalue weighted by Gasteiger charge is -2.33. The summed E-state index contributed by atoms with van der Waals surface area (Å²) in [5, 5.41) is 7.09. The highest BCUT2D eigenvalue weighted by Crippen LogP contribution is 2.18. The van der Waals surface area contributed by atoms with E-state index in [0.29, 0.717) is 31.3 Å². The summed E-state index contributed by atoms with van der Waals surface area (Å²) in [6, 6.07) is 16.0. The lowest BCUT2D eigenvalue weighted by atomic mass is 10.1. The Balaban J connectivity index is 1.28. The van der Waals surface area contributed by atoms with Crippen LogP contribution < -0.4 is 5.32 Å². The van der Waals surface area contributed by atoms with Crippen LogP contribution in [-0.4, -0.2) is 52.2 Å². The van der Waals surface area contributed by atoms with Crippen LogP contribution in [0.4, 0.5) is 10.5 Å². The van der Waals surface area contributed by atoms with Gasteiger partial charge < -0.3 is 14.7 Å². The molecule has 2 amide bonds. The number of nitrogens with one attached hydrogen (secondary N) is 1. The largest absolute Gasteiger partial charge is 0.338 e. The number of amides is 2. The number of benzene rings is 2. The molecular formula is C23H27N5O2. The quantitative estimate of drug-likeness (QED) is 0.696. The second-order valence-corrected chi connectivity index (χ2v) is 7.63. The van der Waals surface area contributed by atoms with Crippen molar-refractivity contribution in [3.8, 4) is 11.4 Å². The number of carbonyl (C=O) groups excluding carboxylic acids is 1. The first kappa shape index (κ1) is 20.1. The molecule has 1 aliphatic rings. The third-order valence-electron chi connectivity index (χ3n) is 5.38. The normalized spacial score (nSPS) is 14.7. The van der Waals surface area contributed by atoms with Crippen LogP contribution in [0, 0.1) is 6.92 Å². The van der Waals surface area contributed by atoms with Crippen LogP contribution in [0.25, 0.3) is 11.4 Å². The summed E-state index contributed by atoms with van der Waals surface area (Å²) in [6.45, 7) is 7.60. The zero-order valence-corrected chi connectivity index (χ0v) is 17.5. The Morgan fingerprint density at radius 2 is 1.87 bits per heavy atom. The highest BCUT2D eigenvalue weighted by atomic mass is 16.5. The zero-order valence-electron chi connectivity index (χ0n) is 17.5. The highest BCUT2D eigenvalue weighted by molar-refractivity contribution is 5.89. The van der Waals surface area contributed by atoms with Gasteiger partial charge in [-0.25, -0.2) is 4.79 Å². The van der Waals surface area contributed by atoms with Crippen molar-refractivity contribution < 1.29 is 9.32 Å². The summed E-state index contributed by atoms with van der Waals surface area (Å²) in [5.74, 6) is 1.21. The molecule has 0 radical (unpaired) electrons. The molecule has 2 aromatic carbocycles. The van der Waals surface area contributed by atoms with E-state index >= 15 is 0 Å². The molecule has 7 nitrogen and oxygen atoms in total. The predicted molar refractivity (Wildman–Crippen MR) is 116 cm³/mol. The standard InChI is InChI=1S/C23H27N5O2/c1-3-18-7-9-19(10-8-18)22-25-21(30-26-22)16-27-11-13-28(14-12-27)23(29)24-20-6-4-5-17(2)15-20/h4-10,15H,3,11-14,16H2,1-2H3,(H,24,29). The Labute approximate surface area is 176 Å². The molecule has 1 fully saturated rings. The molecule has 1 aliphatic heterocycles. The third kappa shape index (κ3) is 4.86. The Hall–Kier alpha value is -3.19. The van der Waals surface area contributed by atoms with E-state index in [0.717, 1.165) is 36.3 Å². The maximum Gasteiger partial charge on any atom is 0.321 e. The Bertz CT molecular complexity index is 991. The van der Waals surface area contributed by atoms with Crippen molar-refractivity contribution in [1.29, 1.82) is 0 Å². The smallest absolute Gasteiger partial charge is 0.321 e. The van der Waals surface area contributed by atoms with Crippen LogP contribution >= 0.6 is 0 Å². The van der Waals surface area contributed by atoms with Gasteiger partial charge in [-0.05, 0) is 36.6 Å². The molecule has 3 aromatic rings. The van der Waals surface area contributed by atoms with Gasteiger partial charge in [0, 0.05) is 37.4 Å². The number of urea groups is 1. The van der Waals surface area contributed by atoms with E-state index in [1.54, 1.807) is 0 Å². The minimum atomic E-state index is -0.0594. The van der Waals surface area contributed by atoms with E-state index < -0.39 is 0 Å². The molecule has 4 rings (SSSR count). The molecule has 0 saturated carbocycles. The van der Waals surface area contributed by atoms with E-state index in [4.69, 9.17) is 4.52 Å². The number of hydrogen-bond acceptors (Lipinski definition) is 5. The number of aromatic nitrogens is 2. The fourth-order valence-electron chi connectivity index (χ4n) is 3.55. The molecule has 1 aromatic heterocycles. The Morgan fingerprint density at radius 3 is 2.57 bits per heavy atom. The maximum atomic E-state index is 12.5. The fraction of sp³-hybridized carbons (Fsp3) is 0.348. The maximum absolute atomic E-state index is 12.5. The van der Waals surface area contributed by atoms with Gasteiger partial charge in [0.15, 0.2) is 0 Å². The second-order valence-electron chi connectivity index (χ2n) is 7.63. The molecular weight excluding hydrogens is 378 g/mol. The number of aryl methyl sites for hydroxylation is 2. The summed E-state index contributed by atoms with van der Waals surface area (Å²) in [6.07, 6.45) is 1.01. The molecule has 156 valence electrons. The van der Waals surface area contributed by atoms with Gasteiger partial charge in [0.05, 0.1) is 6.54 Å². The molecule has 0 aliphatic carbocycles. The number of anilines is 1. The van der Waals surface area contributed by atoms with Gasteiger partial charge in [-0.3, -0.25) is 4.90 Å². The average molecular weight is 406 g/mol. The first-order chi connectivity index (χ1) is 14.6. The first-order valence-electron chi connectivity index (χ1n) is 10.4. The minimum Gasteiger partial charge on any atom is -0.338 e. The Kier molecular flexibility index (Phi) is 6.09. The summed E-state index contributed by atoms with van der Waals surface area (Å²) in [7, 11) is 0. The highest BCUT2D eigenvalue weighted by Gasteiger charge is 2.22. The fourth-order valence-corrected chi connectivity index (χ4v) is 3.55. The summed E-state index contributed by atoms with van der Waals surface area (Å²) >= 11 is 0. The zero-order chi connectivity index (χ0) is 20.9. The summed E-state index contributed by atoms with van der Waals surface area (Å²) in [4.78, 5) is 21.1. The van der Waals surface area contributed by atoms with E-state index in [2.05, 4.69) is 39.4 Å². The molecule has 7 heteroatoms. The third-order valence-corrected chi connectivity index (χ3v) is 5.38. The summed E-state index contributed by atoms with van der Waals surface area (Å²) < 4.78 is 5.45. The van der Waals surface area contributed by atoms with E-state index in [1.807, 2.05) is 48.2 Å². The lowest BCUT2D eigenvalue weighted by Crippen LogP contribution is -2.49. The van der Waals surface area contributed by atoms with Gasteiger partial charge >= 0.3 is 6.03 Å². The van der Waals surface area contributed by atoms with Gasteiger partial charge in [-0.15, -0.1) is 0 Å². The molecule has 0 spiro atoms. The molecule has 0 bridgehead atoms. The molecule has 0 unspecified atom stereocenters. The summed E-state index contributed by atoms with van der Waals surface area (Å²) in [5.41, 5.74) is 4.19. The van der Waals surface area contributed by atoms with E-state index in [1.165, 1.54) is 5.56 Å². The topological polar surface area (TPSA) is 74.5 Å². The average Bonchev–Trinajstić information content (AvgIpc) is 3.23. The SMILES string of the molecule is CCc1ccc(-c2noc(CN3CCN(C(=O)Nc4cccc(C)c4)CC3)n2)cc1. The van der Waals surface area contributed by atoms with Crippen molar-refractivity contribution in [2.24, 2.45) is 0 Å². The van der Waals surface area contributed by atoms with Crippen LogP contribution in [0.2, 0.25) is 0 Å². The van der Waals surface area contributed by atoms with Gasteiger partial charge in [-0.1, -0.05) is 48.5 Å². The van der Waals surface area contributed by atoms with Crippen molar-refractivity contribution in [1.82, 2.24) is 19.9 Å². The van der Waals surface area contributed by atoms with Crippen molar-refractivity contribution in [3.05, 3.63) is 65.5 Å². The Morgan fingerprint density at radius 1 is 1.10 bits per heavy atom. The molecule has 2 heterocycles. The number of rotatable bonds is 5. The number of nitrogens with zero attached hydrogens (tertiary/aromatic N) is 4. The van der Waals surface area contributed by atoms with Crippen molar-refractivity contribution in [3.63, 3.8) is 0 Å². The molecule has 1 saturated heterocycles. The predicted octanol–water partition coefficient (Wildman–Crippen LogP) is 3.96. The minimum absolute atomic E-state index is 0.0594. The number of piperazine rings is 1. The van der Waals surface area contributed by atoms with E-state index in [-0.39, 0.29) is 6.03 Å². The first-order valence-corrected chi connectivity index (χ1v) is 10.4. The van der Waals surface area contributed by atoms with Crippen LogP contribution in [0.5, 0.6) is 0 Å². The van der Waals surface area contributed by atoms with Crippen LogP contribution in [0.3, 0.4) is 0 Å². The van der Waals surface area contributed by atoms with Gasteiger partial charge in [0.2, 0.25) is 11.7 Å². The number of hydrogen-bond donors (Lipinski definition) is 1. The van der Waals surface area contributed by atoms with Crippen molar-refractivity contribution >= 4 is 11.7 Å². The monoisotopic (exact) mass is 405 g/mol.